The van der Waals surface area contributed by atoms with Gasteiger partial charge in [-0.15, -0.1) is 0 Å². The van der Waals surface area contributed by atoms with Gasteiger partial charge in [0.25, 0.3) is 0 Å². The second kappa shape index (κ2) is 10.4. The number of ether oxygens (including phenoxy) is 1. The maximum Gasteiger partial charge on any atom is 0.243 e. The van der Waals surface area contributed by atoms with Crippen LogP contribution < -0.4 is 10.1 Å². The summed E-state index contributed by atoms with van der Waals surface area (Å²) in [7, 11) is -0.863. The molecule has 0 aliphatic carbocycles. The number of hydrogen-bond donors (Lipinski definition) is 1. The molecule has 3 aromatic carbocycles. The van der Waals surface area contributed by atoms with Gasteiger partial charge in [-0.05, 0) is 48.0 Å². The summed E-state index contributed by atoms with van der Waals surface area (Å²) in [5.41, 5.74) is 0.992. The number of nitrogens with one attached hydrogen (secondary N) is 1. The zero-order valence-electron chi connectivity index (χ0n) is 17.5. The van der Waals surface area contributed by atoms with E-state index in [1.54, 1.807) is 61.7 Å². The van der Waals surface area contributed by atoms with Gasteiger partial charge >= 0.3 is 0 Å². The molecule has 0 unspecified atom stereocenters. The number of halogens is 2. The Hall–Kier alpha value is -2.58. The summed E-state index contributed by atoms with van der Waals surface area (Å²) in [6.07, 6.45) is -0.141. The van der Waals surface area contributed by atoms with E-state index in [1.165, 1.54) is 29.6 Å². The van der Waals surface area contributed by atoms with Gasteiger partial charge in [-0.3, -0.25) is 4.79 Å². The van der Waals surface area contributed by atoms with Gasteiger partial charge in [0.2, 0.25) is 15.9 Å². The van der Waals surface area contributed by atoms with Crippen LogP contribution in [0, 0.1) is 0 Å². The van der Waals surface area contributed by atoms with Crippen LogP contribution in [0.1, 0.15) is 18.0 Å². The zero-order chi connectivity index (χ0) is 23.3. The predicted octanol–water partition coefficient (Wildman–Crippen LogP) is 5.39. The third-order valence-electron chi connectivity index (χ3n) is 4.94. The van der Waals surface area contributed by atoms with Crippen LogP contribution in [0.5, 0.6) is 5.75 Å². The monoisotopic (exact) mass is 492 g/mol. The van der Waals surface area contributed by atoms with Crippen molar-refractivity contribution in [2.75, 3.05) is 19.5 Å². The summed E-state index contributed by atoms with van der Waals surface area (Å²) in [6, 6.07) is 18.9. The largest absolute Gasteiger partial charge is 0.497 e. The van der Waals surface area contributed by atoms with Gasteiger partial charge in [-0.2, -0.15) is 4.31 Å². The Bertz CT molecular complexity index is 1190. The highest BCUT2D eigenvalue weighted by molar-refractivity contribution is 7.89. The lowest BCUT2D eigenvalue weighted by Crippen LogP contribution is -2.33. The first kappa shape index (κ1) is 24.1. The summed E-state index contributed by atoms with van der Waals surface area (Å²) in [5.74, 6) is 0.210. The zero-order valence-corrected chi connectivity index (χ0v) is 19.8. The van der Waals surface area contributed by atoms with Crippen LogP contribution in [0.25, 0.3) is 0 Å². The fourth-order valence-electron chi connectivity index (χ4n) is 3.18. The van der Waals surface area contributed by atoms with Gasteiger partial charge in [0.15, 0.2) is 0 Å². The van der Waals surface area contributed by atoms with Crippen LogP contribution in [-0.4, -0.2) is 32.8 Å². The lowest BCUT2D eigenvalue weighted by molar-refractivity contribution is -0.117. The molecule has 0 saturated heterocycles. The van der Waals surface area contributed by atoms with Crippen molar-refractivity contribution in [3.63, 3.8) is 0 Å². The molecule has 168 valence electrons. The molecule has 9 heteroatoms. The van der Waals surface area contributed by atoms with E-state index in [2.05, 4.69) is 5.32 Å². The van der Waals surface area contributed by atoms with Crippen LogP contribution in [0.2, 0.25) is 10.0 Å². The Labute approximate surface area is 197 Å². The van der Waals surface area contributed by atoms with Crippen LogP contribution in [-0.2, 0) is 14.8 Å². The molecular formula is C23H22Cl2N2O4S. The molecular weight excluding hydrogens is 471 g/mol. The maximum absolute atomic E-state index is 13.2. The lowest BCUT2D eigenvalue weighted by Gasteiger charge is -2.28. The Kier molecular flexibility index (Phi) is 7.79. The normalized spacial score (nSPS) is 12.4. The first-order chi connectivity index (χ1) is 15.2. The number of sulfonamides is 1. The van der Waals surface area contributed by atoms with E-state index < -0.39 is 22.0 Å². The van der Waals surface area contributed by atoms with Crippen molar-refractivity contribution in [2.45, 2.75) is 17.4 Å². The highest BCUT2D eigenvalue weighted by Crippen LogP contribution is 2.31. The minimum atomic E-state index is -3.86. The first-order valence-electron chi connectivity index (χ1n) is 9.64. The molecule has 6 nitrogen and oxygen atoms in total. The summed E-state index contributed by atoms with van der Waals surface area (Å²) in [5, 5.41) is 3.46. The number of carbonyl (C=O) groups excluding carboxylic acids is 1. The second-order valence-electron chi connectivity index (χ2n) is 7.00. The molecule has 32 heavy (non-hydrogen) atoms. The van der Waals surface area contributed by atoms with E-state index in [0.717, 1.165) is 0 Å². The number of amides is 1. The smallest absolute Gasteiger partial charge is 0.243 e. The lowest BCUT2D eigenvalue weighted by atomic mass is 10.0. The van der Waals surface area contributed by atoms with Crippen molar-refractivity contribution in [1.29, 1.82) is 0 Å². The SMILES string of the molecule is COc1ccc([C@H](CC(=O)Nc2cc(Cl)ccc2Cl)N(C)S(=O)(=O)c2ccccc2)cc1. The summed E-state index contributed by atoms with van der Waals surface area (Å²) >= 11 is 12.1. The predicted molar refractivity (Wildman–Crippen MR) is 127 cm³/mol. The molecule has 0 fully saturated rings. The molecule has 0 heterocycles. The van der Waals surface area contributed by atoms with Gasteiger partial charge in [-0.1, -0.05) is 53.5 Å². The molecule has 0 saturated carbocycles. The first-order valence-corrected chi connectivity index (χ1v) is 11.8. The standard InChI is InChI=1S/C23H22Cl2N2O4S/c1-27(32(29,30)19-6-4-3-5-7-19)22(16-8-11-18(31-2)12-9-16)15-23(28)26-21-14-17(24)10-13-20(21)25/h3-14,22H,15H2,1-2H3,(H,26,28)/t22-/m0/s1. The number of hydrogen-bond acceptors (Lipinski definition) is 4. The van der Waals surface area contributed by atoms with Crippen LogP contribution in [0.4, 0.5) is 5.69 Å². The van der Waals surface area contributed by atoms with E-state index in [0.29, 0.717) is 27.0 Å². The molecule has 0 spiro atoms. The molecule has 0 aliphatic heterocycles. The Morgan fingerprint density at radius 1 is 1.03 bits per heavy atom. The number of nitrogens with zero attached hydrogens (tertiary/aromatic N) is 1. The molecule has 0 aromatic heterocycles. The topological polar surface area (TPSA) is 75.7 Å². The third-order valence-corrected chi connectivity index (χ3v) is 7.39. The molecule has 1 amide bonds. The van der Waals surface area contributed by atoms with E-state index in [-0.39, 0.29) is 11.3 Å². The van der Waals surface area contributed by atoms with Crippen molar-refractivity contribution in [1.82, 2.24) is 4.31 Å². The summed E-state index contributed by atoms with van der Waals surface area (Å²) in [4.78, 5) is 13.0. The number of methoxy groups -OCH3 is 1. The van der Waals surface area contributed by atoms with Crippen LogP contribution in [0.15, 0.2) is 77.7 Å². The Balaban J connectivity index is 1.93. The number of benzene rings is 3. The van der Waals surface area contributed by atoms with Gasteiger partial charge in [0, 0.05) is 18.5 Å². The van der Waals surface area contributed by atoms with E-state index in [9.17, 15) is 13.2 Å². The molecule has 1 N–H and O–H groups in total. The number of carbonyl (C=O) groups is 1. The minimum absolute atomic E-state index is 0.138. The summed E-state index contributed by atoms with van der Waals surface area (Å²) < 4.78 is 32.9. The van der Waals surface area contributed by atoms with Crippen molar-refractivity contribution < 1.29 is 17.9 Å². The molecule has 0 aliphatic rings. The minimum Gasteiger partial charge on any atom is -0.497 e. The van der Waals surface area contributed by atoms with Crippen LogP contribution >= 0.6 is 23.2 Å². The number of anilines is 1. The molecule has 3 aromatic rings. The fraction of sp³-hybridized carbons (Fsp3) is 0.174. The highest BCUT2D eigenvalue weighted by atomic mass is 35.5. The van der Waals surface area contributed by atoms with Gasteiger partial charge in [0.1, 0.15) is 5.75 Å². The van der Waals surface area contributed by atoms with Gasteiger partial charge in [0.05, 0.1) is 28.8 Å². The molecule has 0 bridgehead atoms. The summed E-state index contributed by atoms with van der Waals surface area (Å²) in [6.45, 7) is 0. The van der Waals surface area contributed by atoms with Crippen molar-refractivity contribution in [3.05, 3.63) is 88.4 Å². The van der Waals surface area contributed by atoms with Crippen molar-refractivity contribution >= 4 is 44.8 Å². The maximum atomic E-state index is 13.2. The fourth-order valence-corrected chi connectivity index (χ4v) is 4.88. The van der Waals surface area contributed by atoms with Crippen molar-refractivity contribution in [2.24, 2.45) is 0 Å². The third kappa shape index (κ3) is 5.61. The van der Waals surface area contributed by atoms with Crippen molar-refractivity contribution in [3.8, 4) is 5.75 Å². The Morgan fingerprint density at radius 2 is 1.69 bits per heavy atom. The number of rotatable bonds is 8. The van der Waals surface area contributed by atoms with E-state index >= 15 is 0 Å². The average molecular weight is 493 g/mol. The highest BCUT2D eigenvalue weighted by Gasteiger charge is 2.31. The molecule has 1 atom stereocenters. The van der Waals surface area contributed by atoms with Gasteiger partial charge in [-0.25, -0.2) is 8.42 Å². The Morgan fingerprint density at radius 3 is 2.31 bits per heavy atom. The second-order valence-corrected chi connectivity index (χ2v) is 9.84. The van der Waals surface area contributed by atoms with Gasteiger partial charge < -0.3 is 10.1 Å². The molecule has 3 rings (SSSR count). The van der Waals surface area contributed by atoms with Crippen LogP contribution in [0.3, 0.4) is 0 Å². The van der Waals surface area contributed by atoms with E-state index in [4.69, 9.17) is 27.9 Å². The quantitative estimate of drug-likeness (QED) is 0.457. The average Bonchev–Trinajstić information content (AvgIpc) is 2.80. The molecule has 0 radical (unpaired) electrons. The van der Waals surface area contributed by atoms with E-state index in [1.807, 2.05) is 0 Å².